The molecule has 0 bridgehead atoms. The van der Waals surface area contributed by atoms with Crippen molar-refractivity contribution in [2.45, 2.75) is 37.6 Å². The number of aliphatic hydroxyl groups excluding tert-OH is 1. The number of rotatable bonds is 4. The molecule has 17 heavy (non-hydrogen) atoms. The molecule has 2 N–H and O–H groups in total. The van der Waals surface area contributed by atoms with E-state index in [1.807, 2.05) is 0 Å². The maximum Gasteiger partial charge on any atom is 0.217 e. The summed E-state index contributed by atoms with van der Waals surface area (Å²) in [5, 5.41) is 12.1. The highest BCUT2D eigenvalue weighted by atomic mass is 19.1. The van der Waals surface area contributed by atoms with Crippen LogP contribution >= 0.6 is 0 Å². The van der Waals surface area contributed by atoms with Crippen LogP contribution < -0.4 is 5.32 Å². The lowest BCUT2D eigenvalue weighted by atomic mass is 9.98. The van der Waals surface area contributed by atoms with Crippen LogP contribution in [-0.2, 0) is 19.0 Å². The van der Waals surface area contributed by atoms with E-state index in [2.05, 4.69) is 5.32 Å². The van der Waals surface area contributed by atoms with Crippen molar-refractivity contribution in [3.05, 3.63) is 0 Å². The normalized spacial score (nSPS) is 37.8. The predicted octanol–water partition coefficient (Wildman–Crippen LogP) is -0.792. The minimum absolute atomic E-state index is 0.00484. The Morgan fingerprint density at radius 3 is 2.65 bits per heavy atom. The minimum Gasteiger partial charge on any atom is -0.382 e. The van der Waals surface area contributed by atoms with Gasteiger partial charge in [-0.15, -0.1) is 0 Å². The van der Waals surface area contributed by atoms with Crippen molar-refractivity contribution in [2.75, 3.05) is 20.8 Å². The Balaban J connectivity index is 2.76. The molecule has 0 saturated carbocycles. The van der Waals surface area contributed by atoms with Gasteiger partial charge in [-0.05, 0) is 0 Å². The molecule has 100 valence electrons. The molecule has 1 heterocycles. The predicted molar refractivity (Wildman–Crippen MR) is 56.1 cm³/mol. The summed E-state index contributed by atoms with van der Waals surface area (Å²) >= 11 is 0. The molecule has 0 aromatic carbocycles. The molecule has 1 amide bonds. The standard InChI is InChI=1S/C10H18FNO5/c1-5(13)12-8-9(16-3)7(11)6(4-15-2)17-10(8)14/h6-10,14H,4H2,1-3H3,(H,12,13)/t6-,7-,8-,9+,10+/m1/s1. The molecule has 0 unspecified atom stereocenters. The Bertz CT molecular complexity index is 265. The molecule has 5 atom stereocenters. The van der Waals surface area contributed by atoms with Crippen LogP contribution in [0.2, 0.25) is 0 Å². The summed E-state index contributed by atoms with van der Waals surface area (Å²) in [6, 6.07) is -0.930. The first-order valence-corrected chi connectivity index (χ1v) is 5.27. The molecular formula is C10H18FNO5. The quantitative estimate of drug-likeness (QED) is 0.684. The number of hydrogen-bond acceptors (Lipinski definition) is 5. The molecule has 0 aromatic heterocycles. The van der Waals surface area contributed by atoms with Gasteiger partial charge in [0.25, 0.3) is 0 Å². The molecule has 6 nitrogen and oxygen atoms in total. The highest BCUT2D eigenvalue weighted by molar-refractivity contribution is 5.73. The number of aliphatic hydroxyl groups is 1. The summed E-state index contributed by atoms with van der Waals surface area (Å²) in [6.45, 7) is 1.28. The van der Waals surface area contributed by atoms with Crippen molar-refractivity contribution in [3.63, 3.8) is 0 Å². The van der Waals surface area contributed by atoms with Crippen LogP contribution in [-0.4, -0.2) is 62.6 Å². The van der Waals surface area contributed by atoms with Crippen molar-refractivity contribution in [1.29, 1.82) is 0 Å². The second-order valence-electron chi connectivity index (χ2n) is 3.89. The van der Waals surface area contributed by atoms with Crippen molar-refractivity contribution in [1.82, 2.24) is 5.32 Å². The number of amides is 1. The van der Waals surface area contributed by atoms with Crippen molar-refractivity contribution >= 4 is 5.91 Å². The molecule has 7 heteroatoms. The van der Waals surface area contributed by atoms with Crippen molar-refractivity contribution in [2.24, 2.45) is 0 Å². The third kappa shape index (κ3) is 3.35. The molecule has 1 rings (SSSR count). The van der Waals surface area contributed by atoms with Gasteiger partial charge in [0.1, 0.15) is 18.2 Å². The van der Waals surface area contributed by atoms with Crippen LogP contribution in [0.15, 0.2) is 0 Å². The number of methoxy groups -OCH3 is 2. The molecule has 1 aliphatic rings. The molecular weight excluding hydrogens is 233 g/mol. The highest BCUT2D eigenvalue weighted by Crippen LogP contribution is 2.24. The first-order chi connectivity index (χ1) is 8.01. The Labute approximate surface area is 99.0 Å². The van der Waals surface area contributed by atoms with Gasteiger partial charge >= 0.3 is 0 Å². The zero-order valence-electron chi connectivity index (χ0n) is 10.1. The van der Waals surface area contributed by atoms with E-state index in [0.29, 0.717) is 0 Å². The average Bonchev–Trinajstić information content (AvgIpc) is 2.25. The number of hydrogen-bond donors (Lipinski definition) is 2. The Morgan fingerprint density at radius 1 is 1.53 bits per heavy atom. The van der Waals surface area contributed by atoms with Crippen molar-refractivity contribution in [3.8, 4) is 0 Å². The van der Waals surface area contributed by atoms with E-state index in [-0.39, 0.29) is 6.61 Å². The number of carbonyl (C=O) groups is 1. The first-order valence-electron chi connectivity index (χ1n) is 5.27. The Morgan fingerprint density at radius 2 is 2.18 bits per heavy atom. The summed E-state index contributed by atoms with van der Waals surface area (Å²) in [5.41, 5.74) is 0. The SMILES string of the molecule is COC[C@H]1O[C@H](O)[C@H](NC(C)=O)[C@@H](OC)[C@@H]1F. The van der Waals surface area contributed by atoms with Gasteiger partial charge in [0.05, 0.1) is 6.61 Å². The van der Waals surface area contributed by atoms with Gasteiger partial charge in [0, 0.05) is 21.1 Å². The lowest BCUT2D eigenvalue weighted by molar-refractivity contribution is -0.246. The van der Waals surface area contributed by atoms with E-state index in [1.54, 1.807) is 0 Å². The topological polar surface area (TPSA) is 77.0 Å². The van der Waals surface area contributed by atoms with Crippen LogP contribution in [0.3, 0.4) is 0 Å². The molecule has 0 aromatic rings. The van der Waals surface area contributed by atoms with E-state index < -0.39 is 36.6 Å². The maximum absolute atomic E-state index is 14.0. The van der Waals surface area contributed by atoms with Crippen LogP contribution in [0.5, 0.6) is 0 Å². The van der Waals surface area contributed by atoms with E-state index in [1.165, 1.54) is 21.1 Å². The monoisotopic (exact) mass is 251 g/mol. The molecule has 0 aliphatic carbocycles. The fraction of sp³-hybridized carbons (Fsp3) is 0.900. The third-order valence-corrected chi connectivity index (χ3v) is 2.62. The van der Waals surface area contributed by atoms with Crippen LogP contribution in [0, 0.1) is 0 Å². The molecule has 0 radical (unpaired) electrons. The van der Waals surface area contributed by atoms with Gasteiger partial charge in [-0.2, -0.15) is 0 Å². The van der Waals surface area contributed by atoms with Gasteiger partial charge in [0.2, 0.25) is 5.91 Å². The zero-order chi connectivity index (χ0) is 13.0. The summed E-state index contributed by atoms with van der Waals surface area (Å²) < 4.78 is 28.8. The third-order valence-electron chi connectivity index (χ3n) is 2.62. The van der Waals surface area contributed by atoms with Gasteiger partial charge in [-0.1, -0.05) is 0 Å². The number of ether oxygens (including phenoxy) is 3. The fourth-order valence-corrected chi connectivity index (χ4v) is 1.87. The molecule has 0 spiro atoms. The lowest BCUT2D eigenvalue weighted by Crippen LogP contribution is -2.63. The van der Waals surface area contributed by atoms with E-state index in [9.17, 15) is 14.3 Å². The average molecular weight is 251 g/mol. The molecule has 1 aliphatic heterocycles. The number of carbonyl (C=O) groups excluding carboxylic acids is 1. The fourth-order valence-electron chi connectivity index (χ4n) is 1.87. The number of halogens is 1. The minimum atomic E-state index is -1.49. The second-order valence-corrected chi connectivity index (χ2v) is 3.89. The maximum atomic E-state index is 14.0. The van der Waals surface area contributed by atoms with Crippen LogP contribution in [0.4, 0.5) is 4.39 Å². The summed E-state index contributed by atoms with van der Waals surface area (Å²) in [4.78, 5) is 11.0. The van der Waals surface area contributed by atoms with Crippen LogP contribution in [0.1, 0.15) is 6.92 Å². The number of alkyl halides is 1. The van der Waals surface area contributed by atoms with E-state index >= 15 is 0 Å². The first kappa shape index (κ1) is 14.3. The van der Waals surface area contributed by atoms with E-state index in [4.69, 9.17) is 14.2 Å². The molecule has 1 fully saturated rings. The number of nitrogens with one attached hydrogen (secondary N) is 1. The zero-order valence-corrected chi connectivity index (χ0v) is 10.1. The second kappa shape index (κ2) is 6.25. The van der Waals surface area contributed by atoms with Gasteiger partial charge < -0.3 is 24.6 Å². The largest absolute Gasteiger partial charge is 0.382 e. The summed E-state index contributed by atoms with van der Waals surface area (Å²) in [6.07, 6.45) is -4.69. The lowest BCUT2D eigenvalue weighted by Gasteiger charge is -2.41. The highest BCUT2D eigenvalue weighted by Gasteiger charge is 2.46. The Hall–Kier alpha value is -0.760. The summed E-state index contributed by atoms with van der Waals surface area (Å²) in [7, 11) is 2.72. The van der Waals surface area contributed by atoms with Crippen LogP contribution in [0.25, 0.3) is 0 Å². The van der Waals surface area contributed by atoms with E-state index in [0.717, 1.165) is 0 Å². The molecule has 1 saturated heterocycles. The summed E-state index contributed by atoms with van der Waals surface area (Å²) in [5.74, 6) is -0.392. The van der Waals surface area contributed by atoms with Crippen molar-refractivity contribution < 1.29 is 28.5 Å². The Kier molecular flexibility index (Phi) is 5.26. The smallest absolute Gasteiger partial charge is 0.217 e. The van der Waals surface area contributed by atoms with Gasteiger partial charge in [0.15, 0.2) is 12.5 Å². The van der Waals surface area contributed by atoms with Gasteiger partial charge in [-0.3, -0.25) is 4.79 Å². The van der Waals surface area contributed by atoms with Gasteiger partial charge in [-0.25, -0.2) is 4.39 Å².